The number of carbonyl (C=O) groups excluding carboxylic acids is 1. The van der Waals surface area contributed by atoms with Gasteiger partial charge in [0.15, 0.2) is 0 Å². The number of rotatable bonds is 4. The molecule has 2 fully saturated rings. The molecule has 0 bridgehead atoms. The number of hydrogen-bond donors (Lipinski definition) is 1. The Morgan fingerprint density at radius 3 is 2.86 bits per heavy atom. The Kier molecular flexibility index (Phi) is 3.06. The largest absolute Gasteiger partial charge is 0.354 e. The van der Waals surface area contributed by atoms with E-state index in [9.17, 15) is 4.79 Å². The molecule has 0 unspecified atom stereocenters. The van der Waals surface area contributed by atoms with E-state index in [1.165, 1.54) is 19.4 Å². The summed E-state index contributed by atoms with van der Waals surface area (Å²) in [5.41, 5.74) is 0. The van der Waals surface area contributed by atoms with Crippen LogP contribution < -0.4 is 5.32 Å². The molecule has 1 saturated carbocycles. The van der Waals surface area contributed by atoms with Crippen LogP contribution in [0.1, 0.15) is 32.6 Å². The first-order valence-corrected chi connectivity index (χ1v) is 5.83. The molecule has 14 heavy (non-hydrogen) atoms. The lowest BCUT2D eigenvalue weighted by Crippen LogP contribution is -2.40. The van der Waals surface area contributed by atoms with E-state index < -0.39 is 0 Å². The van der Waals surface area contributed by atoms with Crippen LogP contribution in [0, 0.1) is 5.92 Å². The molecule has 1 saturated heterocycles. The summed E-state index contributed by atoms with van der Waals surface area (Å²) < 4.78 is 0. The van der Waals surface area contributed by atoms with Crippen LogP contribution in [0.15, 0.2) is 0 Å². The van der Waals surface area contributed by atoms with E-state index in [0.29, 0.717) is 12.0 Å². The number of likely N-dealkylation sites (tertiary alicyclic amines) is 1. The van der Waals surface area contributed by atoms with E-state index in [1.807, 2.05) is 0 Å². The third-order valence-electron chi connectivity index (χ3n) is 3.37. The molecular weight excluding hydrogens is 176 g/mol. The van der Waals surface area contributed by atoms with Crippen molar-refractivity contribution in [2.24, 2.45) is 5.92 Å². The van der Waals surface area contributed by atoms with Crippen molar-refractivity contribution in [1.82, 2.24) is 10.2 Å². The molecule has 0 aromatic rings. The van der Waals surface area contributed by atoms with Crippen molar-refractivity contribution in [3.63, 3.8) is 0 Å². The van der Waals surface area contributed by atoms with Crippen molar-refractivity contribution in [2.75, 3.05) is 19.6 Å². The molecule has 0 spiro atoms. The van der Waals surface area contributed by atoms with E-state index in [1.54, 1.807) is 0 Å². The van der Waals surface area contributed by atoms with Gasteiger partial charge >= 0.3 is 0 Å². The van der Waals surface area contributed by atoms with Gasteiger partial charge in [0.2, 0.25) is 5.91 Å². The zero-order valence-corrected chi connectivity index (χ0v) is 8.96. The standard InChI is InChI=1S/C11H20N2O/c1-2-13-7-3-4-10(13)8-12-11(14)9-5-6-9/h9-10H,2-8H2,1H3,(H,12,14)/t10-/m1/s1. The molecule has 1 heterocycles. The van der Waals surface area contributed by atoms with Crippen LogP contribution in [0.4, 0.5) is 0 Å². The third kappa shape index (κ3) is 2.27. The highest BCUT2D eigenvalue weighted by Crippen LogP contribution is 2.28. The van der Waals surface area contributed by atoms with Gasteiger partial charge < -0.3 is 5.32 Å². The van der Waals surface area contributed by atoms with Crippen molar-refractivity contribution < 1.29 is 4.79 Å². The summed E-state index contributed by atoms with van der Waals surface area (Å²) in [6.45, 7) is 5.38. The number of nitrogens with zero attached hydrogens (tertiary/aromatic N) is 1. The molecule has 1 N–H and O–H groups in total. The van der Waals surface area contributed by atoms with Gasteiger partial charge in [-0.15, -0.1) is 0 Å². The van der Waals surface area contributed by atoms with Crippen molar-refractivity contribution in [2.45, 2.75) is 38.6 Å². The van der Waals surface area contributed by atoms with Gasteiger partial charge in [-0.1, -0.05) is 6.92 Å². The topological polar surface area (TPSA) is 32.3 Å². The predicted octanol–water partition coefficient (Wildman–Crippen LogP) is 0.997. The number of nitrogens with one attached hydrogen (secondary N) is 1. The summed E-state index contributed by atoms with van der Waals surface area (Å²) in [4.78, 5) is 13.9. The Bertz CT molecular complexity index is 213. The van der Waals surface area contributed by atoms with Gasteiger partial charge in [0.25, 0.3) is 0 Å². The summed E-state index contributed by atoms with van der Waals surface area (Å²) in [6.07, 6.45) is 4.75. The number of hydrogen-bond acceptors (Lipinski definition) is 2. The molecule has 3 nitrogen and oxygen atoms in total. The van der Waals surface area contributed by atoms with Gasteiger partial charge in [-0.25, -0.2) is 0 Å². The van der Waals surface area contributed by atoms with Crippen LogP contribution in [0.2, 0.25) is 0 Å². The molecular formula is C11H20N2O. The molecule has 0 aromatic carbocycles. The van der Waals surface area contributed by atoms with Crippen LogP contribution in [0.3, 0.4) is 0 Å². The third-order valence-corrected chi connectivity index (χ3v) is 3.37. The summed E-state index contributed by atoms with van der Waals surface area (Å²) in [5, 5.41) is 3.07. The van der Waals surface area contributed by atoms with Crippen LogP contribution in [-0.4, -0.2) is 36.5 Å². The second-order valence-corrected chi connectivity index (χ2v) is 4.44. The van der Waals surface area contributed by atoms with Gasteiger partial charge in [-0.3, -0.25) is 9.69 Å². The highest BCUT2D eigenvalue weighted by atomic mass is 16.2. The summed E-state index contributed by atoms with van der Waals surface area (Å²) >= 11 is 0. The smallest absolute Gasteiger partial charge is 0.223 e. The Hall–Kier alpha value is -0.570. The van der Waals surface area contributed by atoms with Crippen LogP contribution >= 0.6 is 0 Å². The molecule has 0 radical (unpaired) electrons. The molecule has 1 atom stereocenters. The van der Waals surface area contributed by atoms with E-state index in [0.717, 1.165) is 25.9 Å². The Balaban J connectivity index is 1.70. The fraction of sp³-hybridized carbons (Fsp3) is 0.909. The zero-order chi connectivity index (χ0) is 9.97. The minimum Gasteiger partial charge on any atom is -0.354 e. The number of likely N-dealkylation sites (N-methyl/N-ethyl adjacent to an activating group) is 1. The maximum absolute atomic E-state index is 11.4. The molecule has 0 aromatic heterocycles. The molecule has 2 rings (SSSR count). The fourth-order valence-corrected chi connectivity index (χ4v) is 2.25. The van der Waals surface area contributed by atoms with Gasteiger partial charge in [-0.2, -0.15) is 0 Å². The quantitative estimate of drug-likeness (QED) is 0.727. The number of carbonyl (C=O) groups is 1. The number of amides is 1. The first kappa shape index (κ1) is 9.97. The molecule has 2 aliphatic rings. The van der Waals surface area contributed by atoms with Crippen LogP contribution in [0.25, 0.3) is 0 Å². The van der Waals surface area contributed by atoms with Crippen LogP contribution in [0.5, 0.6) is 0 Å². The Morgan fingerprint density at radius 1 is 1.43 bits per heavy atom. The first-order chi connectivity index (χ1) is 6.81. The SMILES string of the molecule is CCN1CCC[C@@H]1CNC(=O)C1CC1. The lowest BCUT2D eigenvalue weighted by atomic mass is 10.2. The molecule has 3 heteroatoms. The van der Waals surface area contributed by atoms with Crippen LogP contribution in [-0.2, 0) is 4.79 Å². The summed E-state index contributed by atoms with van der Waals surface area (Å²) in [7, 11) is 0. The van der Waals surface area contributed by atoms with Crippen molar-refractivity contribution in [3.8, 4) is 0 Å². The second kappa shape index (κ2) is 4.30. The van der Waals surface area contributed by atoms with Gasteiger partial charge in [0, 0.05) is 18.5 Å². The van der Waals surface area contributed by atoms with Gasteiger partial charge in [-0.05, 0) is 38.8 Å². The van der Waals surface area contributed by atoms with E-state index in [2.05, 4.69) is 17.1 Å². The average molecular weight is 196 g/mol. The Morgan fingerprint density at radius 2 is 2.21 bits per heavy atom. The van der Waals surface area contributed by atoms with Crippen molar-refractivity contribution >= 4 is 5.91 Å². The highest BCUT2D eigenvalue weighted by Gasteiger charge is 2.30. The Labute approximate surface area is 85.8 Å². The van der Waals surface area contributed by atoms with E-state index >= 15 is 0 Å². The first-order valence-electron chi connectivity index (χ1n) is 5.83. The molecule has 1 amide bonds. The maximum Gasteiger partial charge on any atom is 0.223 e. The van der Waals surface area contributed by atoms with E-state index in [-0.39, 0.29) is 5.91 Å². The second-order valence-electron chi connectivity index (χ2n) is 4.44. The maximum atomic E-state index is 11.4. The predicted molar refractivity (Wildman–Crippen MR) is 56.0 cm³/mol. The van der Waals surface area contributed by atoms with Gasteiger partial charge in [0.1, 0.15) is 0 Å². The zero-order valence-electron chi connectivity index (χ0n) is 8.96. The molecule has 1 aliphatic heterocycles. The fourth-order valence-electron chi connectivity index (χ4n) is 2.25. The lowest BCUT2D eigenvalue weighted by Gasteiger charge is -2.22. The molecule has 1 aliphatic carbocycles. The lowest BCUT2D eigenvalue weighted by molar-refractivity contribution is -0.122. The average Bonchev–Trinajstić information content (AvgIpc) is 2.94. The van der Waals surface area contributed by atoms with Crippen molar-refractivity contribution in [1.29, 1.82) is 0 Å². The highest BCUT2D eigenvalue weighted by molar-refractivity contribution is 5.80. The molecule has 80 valence electrons. The normalized spacial score (nSPS) is 27.9. The van der Waals surface area contributed by atoms with E-state index in [4.69, 9.17) is 0 Å². The van der Waals surface area contributed by atoms with Crippen molar-refractivity contribution in [3.05, 3.63) is 0 Å². The summed E-state index contributed by atoms with van der Waals surface area (Å²) in [5.74, 6) is 0.638. The monoisotopic (exact) mass is 196 g/mol. The summed E-state index contributed by atoms with van der Waals surface area (Å²) in [6, 6.07) is 0.600. The minimum absolute atomic E-state index is 0.285. The minimum atomic E-state index is 0.285. The van der Waals surface area contributed by atoms with Gasteiger partial charge in [0.05, 0.1) is 0 Å².